The molecular formula is C24H23ClN2O7S. The second kappa shape index (κ2) is 10.7. The summed E-state index contributed by atoms with van der Waals surface area (Å²) in [4.78, 5) is 24.7. The summed E-state index contributed by atoms with van der Waals surface area (Å²) in [5.74, 6) is -0.687. The largest absolute Gasteiger partial charge is 0.493 e. The van der Waals surface area contributed by atoms with E-state index in [1.165, 1.54) is 51.7 Å². The normalized spacial score (nSPS) is 10.9. The number of carbonyl (C=O) groups excluding carboxylic acids is 2. The zero-order valence-electron chi connectivity index (χ0n) is 19.3. The second-order valence-electron chi connectivity index (χ2n) is 7.29. The SMILES string of the molecule is COC(=O)c1cc(OC)c(OC)cc1NS(=O)(=O)c1ccc(NC(=O)c2ccc(Cl)cc2)c(C)c1. The van der Waals surface area contributed by atoms with Gasteiger partial charge in [0.1, 0.15) is 0 Å². The first-order chi connectivity index (χ1) is 16.6. The minimum absolute atomic E-state index is 0.0488. The zero-order valence-corrected chi connectivity index (χ0v) is 20.9. The summed E-state index contributed by atoms with van der Waals surface area (Å²) in [5.41, 5.74) is 1.24. The van der Waals surface area contributed by atoms with Crippen molar-refractivity contribution < 1.29 is 32.2 Å². The predicted molar refractivity (Wildman–Crippen MR) is 132 cm³/mol. The molecule has 0 radical (unpaired) electrons. The van der Waals surface area contributed by atoms with Crippen molar-refractivity contribution >= 4 is 44.9 Å². The van der Waals surface area contributed by atoms with Crippen LogP contribution in [0.3, 0.4) is 0 Å². The van der Waals surface area contributed by atoms with Crippen molar-refractivity contribution in [3.63, 3.8) is 0 Å². The summed E-state index contributed by atoms with van der Waals surface area (Å²) in [6.07, 6.45) is 0. The Balaban J connectivity index is 1.90. The first kappa shape index (κ1) is 25.9. The number of anilines is 2. The van der Waals surface area contributed by atoms with Crippen LogP contribution in [0.4, 0.5) is 11.4 Å². The number of amides is 1. The molecule has 35 heavy (non-hydrogen) atoms. The summed E-state index contributed by atoms with van der Waals surface area (Å²) in [6.45, 7) is 1.66. The number of aryl methyl sites for hydroxylation is 1. The number of sulfonamides is 1. The summed E-state index contributed by atoms with van der Waals surface area (Å²) >= 11 is 5.85. The van der Waals surface area contributed by atoms with E-state index < -0.39 is 16.0 Å². The third-order valence-corrected chi connectivity index (χ3v) is 6.65. The monoisotopic (exact) mass is 518 g/mol. The third kappa shape index (κ3) is 5.84. The molecule has 0 aliphatic heterocycles. The molecule has 2 N–H and O–H groups in total. The molecule has 0 fully saturated rings. The highest BCUT2D eigenvalue weighted by Gasteiger charge is 2.23. The zero-order chi connectivity index (χ0) is 25.8. The first-order valence-electron chi connectivity index (χ1n) is 10.1. The molecule has 9 nitrogen and oxygen atoms in total. The number of carbonyl (C=O) groups is 2. The Morgan fingerprint density at radius 1 is 0.857 bits per heavy atom. The van der Waals surface area contributed by atoms with E-state index in [4.69, 9.17) is 25.8 Å². The highest BCUT2D eigenvalue weighted by molar-refractivity contribution is 7.92. The number of benzene rings is 3. The Hall–Kier alpha value is -3.76. The number of hydrogen-bond donors (Lipinski definition) is 2. The van der Waals surface area contributed by atoms with Gasteiger partial charge in [0.25, 0.3) is 15.9 Å². The molecule has 1 amide bonds. The van der Waals surface area contributed by atoms with Crippen molar-refractivity contribution in [1.82, 2.24) is 0 Å². The van der Waals surface area contributed by atoms with Crippen LogP contribution in [-0.4, -0.2) is 41.6 Å². The van der Waals surface area contributed by atoms with E-state index in [-0.39, 0.29) is 33.6 Å². The molecule has 3 aromatic carbocycles. The maximum Gasteiger partial charge on any atom is 0.340 e. The van der Waals surface area contributed by atoms with Gasteiger partial charge in [-0.05, 0) is 55.0 Å². The van der Waals surface area contributed by atoms with E-state index in [9.17, 15) is 18.0 Å². The summed E-state index contributed by atoms with van der Waals surface area (Å²) in [5, 5.41) is 3.25. The number of halogens is 1. The molecule has 3 rings (SSSR count). The minimum Gasteiger partial charge on any atom is -0.493 e. The molecule has 184 valence electrons. The second-order valence-corrected chi connectivity index (χ2v) is 9.41. The molecule has 11 heteroatoms. The fourth-order valence-electron chi connectivity index (χ4n) is 3.19. The predicted octanol–water partition coefficient (Wildman–Crippen LogP) is 4.51. The highest BCUT2D eigenvalue weighted by atomic mass is 35.5. The van der Waals surface area contributed by atoms with Crippen LogP contribution in [0.15, 0.2) is 59.5 Å². The van der Waals surface area contributed by atoms with Gasteiger partial charge in [-0.3, -0.25) is 9.52 Å². The average molecular weight is 519 g/mol. The average Bonchev–Trinajstić information content (AvgIpc) is 2.84. The number of esters is 1. The fraction of sp³-hybridized carbons (Fsp3) is 0.167. The van der Waals surface area contributed by atoms with E-state index in [1.54, 1.807) is 31.2 Å². The highest BCUT2D eigenvalue weighted by Crippen LogP contribution is 2.35. The lowest BCUT2D eigenvalue weighted by Crippen LogP contribution is -2.17. The van der Waals surface area contributed by atoms with Gasteiger partial charge in [0, 0.05) is 28.4 Å². The van der Waals surface area contributed by atoms with Crippen molar-refractivity contribution in [3.05, 3.63) is 76.3 Å². The molecule has 0 aliphatic carbocycles. The van der Waals surface area contributed by atoms with Crippen LogP contribution < -0.4 is 19.5 Å². The van der Waals surface area contributed by atoms with Gasteiger partial charge in [-0.2, -0.15) is 0 Å². The standard InChI is InChI=1S/C24H23ClN2O7S/c1-14-11-17(9-10-19(14)26-23(28)15-5-7-16(25)8-6-15)35(30,31)27-20-13-22(33-3)21(32-2)12-18(20)24(29)34-4/h5-13,27H,1-4H3,(H,26,28). The van der Waals surface area contributed by atoms with Crippen LogP contribution in [0.25, 0.3) is 0 Å². The molecule has 0 aliphatic rings. The summed E-state index contributed by atoms with van der Waals surface area (Å²) in [7, 11) is -0.179. The van der Waals surface area contributed by atoms with Crippen molar-refractivity contribution in [2.75, 3.05) is 31.4 Å². The van der Waals surface area contributed by atoms with E-state index in [1.807, 2.05) is 0 Å². The molecule has 0 aromatic heterocycles. The molecule has 3 aromatic rings. The van der Waals surface area contributed by atoms with Crippen molar-refractivity contribution in [1.29, 1.82) is 0 Å². The Morgan fingerprint density at radius 2 is 1.49 bits per heavy atom. The topological polar surface area (TPSA) is 120 Å². The maximum atomic E-state index is 13.1. The lowest BCUT2D eigenvalue weighted by atomic mass is 10.1. The van der Waals surface area contributed by atoms with Gasteiger partial charge in [0.2, 0.25) is 0 Å². The Morgan fingerprint density at radius 3 is 2.06 bits per heavy atom. The van der Waals surface area contributed by atoms with Crippen LogP contribution >= 0.6 is 11.6 Å². The third-order valence-electron chi connectivity index (χ3n) is 5.04. The van der Waals surface area contributed by atoms with Gasteiger partial charge in [-0.1, -0.05) is 11.6 Å². The van der Waals surface area contributed by atoms with Crippen molar-refractivity contribution in [2.45, 2.75) is 11.8 Å². The molecular weight excluding hydrogens is 496 g/mol. The molecule has 0 unspecified atom stereocenters. The van der Waals surface area contributed by atoms with E-state index in [0.29, 0.717) is 21.8 Å². The van der Waals surface area contributed by atoms with Crippen LogP contribution in [0.1, 0.15) is 26.3 Å². The Labute approximate surface area is 208 Å². The molecule has 0 spiro atoms. The summed E-state index contributed by atoms with van der Waals surface area (Å²) in [6, 6.07) is 13.2. The smallest absolute Gasteiger partial charge is 0.340 e. The number of rotatable bonds is 8. The number of nitrogens with one attached hydrogen (secondary N) is 2. The van der Waals surface area contributed by atoms with Crippen LogP contribution in [-0.2, 0) is 14.8 Å². The number of ether oxygens (including phenoxy) is 3. The van der Waals surface area contributed by atoms with Gasteiger partial charge in [-0.15, -0.1) is 0 Å². The van der Waals surface area contributed by atoms with Gasteiger partial charge in [0.05, 0.1) is 37.5 Å². The van der Waals surface area contributed by atoms with Gasteiger partial charge in [0.15, 0.2) is 11.5 Å². The first-order valence-corrected chi connectivity index (χ1v) is 12.0. The molecule has 0 saturated carbocycles. The molecule has 0 atom stereocenters. The van der Waals surface area contributed by atoms with Crippen molar-refractivity contribution in [2.24, 2.45) is 0 Å². The quantitative estimate of drug-likeness (QED) is 0.421. The van der Waals surface area contributed by atoms with Gasteiger partial charge >= 0.3 is 5.97 Å². The van der Waals surface area contributed by atoms with E-state index in [2.05, 4.69) is 10.0 Å². The Bertz CT molecular complexity index is 1370. The van der Waals surface area contributed by atoms with Gasteiger partial charge in [-0.25, -0.2) is 13.2 Å². The molecule has 0 bridgehead atoms. The van der Waals surface area contributed by atoms with Gasteiger partial charge < -0.3 is 19.5 Å². The van der Waals surface area contributed by atoms with Crippen LogP contribution in [0.2, 0.25) is 5.02 Å². The van der Waals surface area contributed by atoms with Crippen LogP contribution in [0, 0.1) is 6.92 Å². The van der Waals surface area contributed by atoms with Crippen LogP contribution in [0.5, 0.6) is 11.5 Å². The van der Waals surface area contributed by atoms with Crippen molar-refractivity contribution in [3.8, 4) is 11.5 Å². The number of hydrogen-bond acceptors (Lipinski definition) is 7. The lowest BCUT2D eigenvalue weighted by Gasteiger charge is -2.16. The van der Waals surface area contributed by atoms with E-state index >= 15 is 0 Å². The lowest BCUT2D eigenvalue weighted by molar-refractivity contribution is 0.0601. The molecule has 0 heterocycles. The number of methoxy groups -OCH3 is 3. The van der Waals surface area contributed by atoms with E-state index in [0.717, 1.165) is 0 Å². The molecule has 0 saturated heterocycles. The minimum atomic E-state index is -4.13. The maximum absolute atomic E-state index is 13.1. The summed E-state index contributed by atoms with van der Waals surface area (Å²) < 4.78 is 43.8. The fourth-order valence-corrected chi connectivity index (χ4v) is 4.47. The Kier molecular flexibility index (Phi) is 7.88.